The van der Waals surface area contributed by atoms with Crippen LogP contribution in [-0.4, -0.2) is 39.8 Å². The lowest BCUT2D eigenvalue weighted by molar-refractivity contribution is -0.148. The minimum Gasteiger partial charge on any atom is -0.478 e. The number of carboxylic acid groups (broad SMARTS) is 1. The third-order valence-electron chi connectivity index (χ3n) is 4.28. The van der Waals surface area contributed by atoms with E-state index in [1.54, 1.807) is 19.1 Å². The lowest BCUT2D eigenvalue weighted by Crippen LogP contribution is -2.59. The van der Waals surface area contributed by atoms with Crippen LogP contribution >= 0.6 is 0 Å². The van der Waals surface area contributed by atoms with Crippen molar-refractivity contribution in [2.24, 2.45) is 5.41 Å². The van der Waals surface area contributed by atoms with Crippen LogP contribution in [0.25, 0.3) is 0 Å². The zero-order chi connectivity index (χ0) is 15.2. The maximum Gasteiger partial charge on any atom is 0.328 e. The number of allylic oxidation sites excluding steroid dienone is 2. The number of ketones is 1. The van der Waals surface area contributed by atoms with Gasteiger partial charge in [-0.25, -0.2) is 4.79 Å². The van der Waals surface area contributed by atoms with E-state index < -0.39 is 22.6 Å². The number of aliphatic hydroxyl groups is 1. The minimum absolute atomic E-state index is 0.0865. The van der Waals surface area contributed by atoms with Crippen LogP contribution in [0.2, 0.25) is 0 Å². The molecule has 0 bridgehead atoms. The van der Waals surface area contributed by atoms with E-state index in [1.807, 2.05) is 13.8 Å². The molecular formula is C15H20O5. The standard InChI is InChI=1S/C15H20O5/c1-10(6-12(17)18)4-5-15(19)13(2,3)7-11(16)8-14(15)9-20-14/h4-6,19H,7-9H2,1-3H3,(H,17,18). The Morgan fingerprint density at radius 2 is 1.95 bits per heavy atom. The van der Waals surface area contributed by atoms with Gasteiger partial charge in [-0.3, -0.25) is 4.79 Å². The number of carbonyl (C=O) groups excluding carboxylic acids is 1. The number of Topliss-reactive ketones (excluding diaryl/α,β-unsaturated/α-hetero) is 1. The number of carbonyl (C=O) groups is 2. The first-order chi connectivity index (χ1) is 9.12. The molecule has 2 N–H and O–H groups in total. The number of aliphatic carboxylic acids is 1. The molecule has 5 nitrogen and oxygen atoms in total. The Morgan fingerprint density at radius 1 is 1.35 bits per heavy atom. The molecule has 0 radical (unpaired) electrons. The van der Waals surface area contributed by atoms with Crippen LogP contribution in [0.5, 0.6) is 0 Å². The molecule has 0 amide bonds. The molecule has 2 rings (SSSR count). The number of ether oxygens (including phenoxy) is 1. The van der Waals surface area contributed by atoms with Crippen LogP contribution in [-0.2, 0) is 14.3 Å². The van der Waals surface area contributed by atoms with Crippen molar-refractivity contribution in [3.05, 3.63) is 23.8 Å². The molecule has 2 aliphatic rings. The Bertz CT molecular complexity index is 498. The predicted molar refractivity (Wildman–Crippen MR) is 72.2 cm³/mol. The Kier molecular flexibility index (Phi) is 3.38. The average molecular weight is 280 g/mol. The van der Waals surface area contributed by atoms with Gasteiger partial charge in [0.25, 0.3) is 0 Å². The van der Waals surface area contributed by atoms with E-state index in [2.05, 4.69) is 0 Å². The summed E-state index contributed by atoms with van der Waals surface area (Å²) in [5.41, 5.74) is -2.25. The van der Waals surface area contributed by atoms with Crippen LogP contribution in [0.15, 0.2) is 23.8 Å². The van der Waals surface area contributed by atoms with Gasteiger partial charge in [-0.15, -0.1) is 0 Å². The summed E-state index contributed by atoms with van der Waals surface area (Å²) in [4.78, 5) is 22.4. The molecule has 1 aliphatic heterocycles. The second kappa shape index (κ2) is 4.53. The molecule has 2 atom stereocenters. The Balaban J connectivity index is 2.33. The number of hydrogen-bond donors (Lipinski definition) is 2. The minimum atomic E-state index is -1.28. The first-order valence-electron chi connectivity index (χ1n) is 6.60. The third kappa shape index (κ3) is 2.31. The molecule has 2 fully saturated rings. The van der Waals surface area contributed by atoms with E-state index in [4.69, 9.17) is 9.84 Å². The van der Waals surface area contributed by atoms with Crippen molar-refractivity contribution >= 4 is 11.8 Å². The van der Waals surface area contributed by atoms with E-state index >= 15 is 0 Å². The second-order valence-corrected chi connectivity index (χ2v) is 6.39. The van der Waals surface area contributed by atoms with Gasteiger partial charge in [-0.2, -0.15) is 0 Å². The number of hydrogen-bond acceptors (Lipinski definition) is 4. The van der Waals surface area contributed by atoms with Crippen LogP contribution in [0.3, 0.4) is 0 Å². The quantitative estimate of drug-likeness (QED) is 0.464. The Hall–Kier alpha value is -1.46. The molecule has 110 valence electrons. The summed E-state index contributed by atoms with van der Waals surface area (Å²) < 4.78 is 5.41. The third-order valence-corrected chi connectivity index (χ3v) is 4.28. The van der Waals surface area contributed by atoms with Gasteiger partial charge in [0.05, 0.1) is 6.61 Å². The predicted octanol–water partition coefficient (Wildman–Crippen LogP) is 1.46. The Labute approximate surface area is 117 Å². The number of carboxylic acids is 1. The van der Waals surface area contributed by atoms with E-state index in [0.717, 1.165) is 6.08 Å². The van der Waals surface area contributed by atoms with Crippen molar-refractivity contribution in [2.75, 3.05) is 6.61 Å². The fourth-order valence-electron chi connectivity index (χ4n) is 3.04. The van der Waals surface area contributed by atoms with Gasteiger partial charge in [0.1, 0.15) is 17.0 Å². The van der Waals surface area contributed by atoms with Gasteiger partial charge in [-0.1, -0.05) is 19.9 Å². The number of epoxide rings is 1. The van der Waals surface area contributed by atoms with Crippen molar-refractivity contribution in [1.82, 2.24) is 0 Å². The van der Waals surface area contributed by atoms with Gasteiger partial charge < -0.3 is 14.9 Å². The summed E-state index contributed by atoms with van der Waals surface area (Å²) in [5, 5.41) is 19.7. The smallest absolute Gasteiger partial charge is 0.328 e. The zero-order valence-electron chi connectivity index (χ0n) is 12.0. The van der Waals surface area contributed by atoms with Gasteiger partial charge in [0.15, 0.2) is 0 Å². The highest BCUT2D eigenvalue weighted by atomic mass is 16.6. The zero-order valence-corrected chi connectivity index (χ0v) is 12.0. The molecule has 1 heterocycles. The molecule has 0 aromatic carbocycles. The summed E-state index contributed by atoms with van der Waals surface area (Å²) in [6.07, 6.45) is 4.72. The highest BCUT2D eigenvalue weighted by molar-refractivity contribution is 5.83. The molecule has 0 aromatic rings. The second-order valence-electron chi connectivity index (χ2n) is 6.39. The maximum atomic E-state index is 11.8. The van der Waals surface area contributed by atoms with Gasteiger partial charge in [0.2, 0.25) is 0 Å². The van der Waals surface area contributed by atoms with Gasteiger partial charge >= 0.3 is 5.97 Å². The summed E-state index contributed by atoms with van der Waals surface area (Å²) in [6, 6.07) is 0. The fraction of sp³-hybridized carbons (Fsp3) is 0.600. The van der Waals surface area contributed by atoms with E-state index in [1.165, 1.54) is 0 Å². The SMILES string of the molecule is CC(C=CC1(O)C(C)(C)CC(=O)CC12CO2)=CC(=O)O. The molecule has 2 unspecified atom stereocenters. The summed E-state index contributed by atoms with van der Waals surface area (Å²) in [6.45, 7) is 5.65. The van der Waals surface area contributed by atoms with Crippen LogP contribution < -0.4 is 0 Å². The van der Waals surface area contributed by atoms with Crippen molar-refractivity contribution in [1.29, 1.82) is 0 Å². The number of rotatable bonds is 3. The lowest BCUT2D eigenvalue weighted by atomic mass is 9.59. The van der Waals surface area contributed by atoms with Crippen LogP contribution in [0, 0.1) is 5.41 Å². The largest absolute Gasteiger partial charge is 0.478 e. The monoisotopic (exact) mass is 280 g/mol. The molecular weight excluding hydrogens is 260 g/mol. The van der Waals surface area contributed by atoms with Crippen LogP contribution in [0.4, 0.5) is 0 Å². The summed E-state index contributed by atoms with van der Waals surface area (Å²) >= 11 is 0. The first kappa shape index (κ1) is 14.9. The Morgan fingerprint density at radius 3 is 2.45 bits per heavy atom. The highest BCUT2D eigenvalue weighted by Crippen LogP contribution is 2.56. The molecule has 20 heavy (non-hydrogen) atoms. The molecule has 1 aliphatic carbocycles. The lowest BCUT2D eigenvalue weighted by Gasteiger charge is -2.48. The highest BCUT2D eigenvalue weighted by Gasteiger charge is 2.69. The topological polar surface area (TPSA) is 87.1 Å². The van der Waals surface area contributed by atoms with Crippen molar-refractivity contribution in [3.8, 4) is 0 Å². The van der Waals surface area contributed by atoms with Gasteiger partial charge in [0, 0.05) is 24.3 Å². The van der Waals surface area contributed by atoms with E-state index in [0.29, 0.717) is 12.2 Å². The molecule has 1 saturated heterocycles. The van der Waals surface area contributed by atoms with E-state index in [9.17, 15) is 14.7 Å². The summed E-state index contributed by atoms with van der Waals surface area (Å²) in [5.74, 6) is -0.946. The first-order valence-corrected chi connectivity index (χ1v) is 6.60. The van der Waals surface area contributed by atoms with Crippen LogP contribution in [0.1, 0.15) is 33.6 Å². The molecule has 5 heteroatoms. The fourth-order valence-corrected chi connectivity index (χ4v) is 3.04. The van der Waals surface area contributed by atoms with Gasteiger partial charge in [-0.05, 0) is 18.6 Å². The molecule has 1 spiro atoms. The maximum absolute atomic E-state index is 11.8. The average Bonchev–Trinajstić information content (AvgIpc) is 3.03. The molecule has 1 saturated carbocycles. The normalized spacial score (nSPS) is 36.6. The summed E-state index contributed by atoms with van der Waals surface area (Å²) in [7, 11) is 0. The van der Waals surface area contributed by atoms with Crippen molar-refractivity contribution in [3.63, 3.8) is 0 Å². The van der Waals surface area contributed by atoms with Crippen molar-refractivity contribution in [2.45, 2.75) is 44.8 Å². The van der Waals surface area contributed by atoms with E-state index in [-0.39, 0.29) is 18.6 Å². The molecule has 0 aromatic heterocycles. The van der Waals surface area contributed by atoms with Crippen molar-refractivity contribution < 1.29 is 24.5 Å².